The maximum atomic E-state index is 10.8. The molecule has 0 aromatic carbocycles. The van der Waals surface area contributed by atoms with E-state index in [2.05, 4.69) is 32.9 Å². The van der Waals surface area contributed by atoms with Crippen molar-refractivity contribution in [1.29, 1.82) is 0 Å². The van der Waals surface area contributed by atoms with E-state index >= 15 is 0 Å². The van der Waals surface area contributed by atoms with Crippen LogP contribution in [-0.2, 0) is 99.5 Å². The summed E-state index contributed by atoms with van der Waals surface area (Å²) in [5.41, 5.74) is 0. The van der Waals surface area contributed by atoms with Crippen molar-refractivity contribution in [3.05, 3.63) is 63.3 Å². The summed E-state index contributed by atoms with van der Waals surface area (Å²) in [4.78, 5) is 0. The summed E-state index contributed by atoms with van der Waals surface area (Å²) in [7, 11) is 0. The van der Waals surface area contributed by atoms with Crippen molar-refractivity contribution in [3.8, 4) is 0 Å². The van der Waals surface area contributed by atoms with Gasteiger partial charge in [-0.15, -0.1) is 32.9 Å². The molecule has 0 spiro atoms. The van der Waals surface area contributed by atoms with E-state index in [9.17, 15) is 25.5 Å². The van der Waals surface area contributed by atoms with Crippen LogP contribution in [0.4, 0.5) is 0 Å². The standard InChI is InChI=1S/C63H118O26/c1-11-21-71-39-60(80-19-9)47-87-59(43-76-31-52(67)30-75-41-57(37-69-17-7)83-24-14-4)44-79-46-63(88-48-61(81-20-10)40-72-22-12-2)50-89-62(49-86-54(16-6)34-77-42-58(38-70-18-8)84-25-15-5)45-78-36-56(27-65)85-33-53(68)32-73-28-51(66)29-74-35-55(26-64)82-23-13-3/h11-15,51-68H,1-5,16-50H2,6-10H3. The Bertz CT molecular complexity index is 1560. The van der Waals surface area contributed by atoms with Crippen LogP contribution in [0.3, 0.4) is 0 Å². The highest BCUT2D eigenvalue weighted by Crippen LogP contribution is 2.11. The monoisotopic (exact) mass is 1290 g/mol. The smallest absolute Gasteiger partial charge is 0.104 e. The predicted octanol–water partition coefficient (Wildman–Crippen LogP) is 2.51. The van der Waals surface area contributed by atoms with Crippen LogP contribution in [0.1, 0.15) is 41.0 Å². The molecule has 0 aliphatic carbocycles. The minimum absolute atomic E-state index is 0.00861. The van der Waals surface area contributed by atoms with Gasteiger partial charge in [0.25, 0.3) is 0 Å². The van der Waals surface area contributed by atoms with Crippen LogP contribution in [0, 0.1) is 0 Å². The maximum Gasteiger partial charge on any atom is 0.104 e. The largest absolute Gasteiger partial charge is 0.394 e. The summed E-state index contributed by atoms with van der Waals surface area (Å²) in [6.07, 6.45) is 0.438. The molecule has 0 aromatic heterocycles. The molecule has 26 nitrogen and oxygen atoms in total. The Morgan fingerprint density at radius 1 is 0.236 bits per heavy atom. The average molecular weight is 1290 g/mol. The number of aliphatic hydroxyl groups excluding tert-OH is 5. The molecule has 0 amide bonds. The molecule has 26 heteroatoms. The predicted molar refractivity (Wildman–Crippen MR) is 333 cm³/mol. The molecule has 13 unspecified atom stereocenters. The molecule has 0 aliphatic heterocycles. The molecule has 0 aromatic rings. The molecular weight excluding hydrogens is 1170 g/mol. The number of ether oxygens (including phenoxy) is 21. The number of hydrogen-bond donors (Lipinski definition) is 5. The summed E-state index contributed by atoms with van der Waals surface area (Å²) in [6.45, 7) is 32.4. The summed E-state index contributed by atoms with van der Waals surface area (Å²) < 4.78 is 124. The van der Waals surface area contributed by atoms with Crippen LogP contribution in [0.25, 0.3) is 0 Å². The Morgan fingerprint density at radius 2 is 0.472 bits per heavy atom. The molecule has 0 aliphatic rings. The number of hydrogen-bond acceptors (Lipinski definition) is 26. The topological polar surface area (TPSA) is 295 Å². The van der Waals surface area contributed by atoms with Crippen molar-refractivity contribution in [2.45, 2.75) is 120 Å². The molecule has 526 valence electrons. The normalized spacial score (nSPS) is 16.3. The van der Waals surface area contributed by atoms with Gasteiger partial charge in [-0.25, -0.2) is 0 Å². The maximum absolute atomic E-state index is 10.8. The Kier molecular flexibility index (Phi) is 62.7. The van der Waals surface area contributed by atoms with E-state index < -0.39 is 67.6 Å². The van der Waals surface area contributed by atoms with E-state index in [1.807, 2.05) is 34.6 Å². The van der Waals surface area contributed by atoms with Crippen molar-refractivity contribution in [3.63, 3.8) is 0 Å². The Morgan fingerprint density at radius 3 is 0.809 bits per heavy atom. The first-order chi connectivity index (χ1) is 43.4. The van der Waals surface area contributed by atoms with Crippen molar-refractivity contribution >= 4 is 0 Å². The van der Waals surface area contributed by atoms with Crippen molar-refractivity contribution in [2.24, 2.45) is 0 Å². The second-order valence-corrected chi connectivity index (χ2v) is 20.1. The van der Waals surface area contributed by atoms with Gasteiger partial charge < -0.3 is 125 Å². The van der Waals surface area contributed by atoms with E-state index in [-0.39, 0.29) is 170 Å². The van der Waals surface area contributed by atoms with Gasteiger partial charge in [-0.1, -0.05) is 37.3 Å². The van der Waals surface area contributed by atoms with E-state index in [1.54, 1.807) is 30.4 Å². The average Bonchev–Trinajstić information content (AvgIpc) is 3.64. The third-order valence-corrected chi connectivity index (χ3v) is 12.0. The van der Waals surface area contributed by atoms with Crippen LogP contribution in [-0.4, -0.2) is 330 Å². The third-order valence-electron chi connectivity index (χ3n) is 12.0. The minimum atomic E-state index is -1.10. The van der Waals surface area contributed by atoms with E-state index in [1.165, 1.54) is 0 Å². The van der Waals surface area contributed by atoms with E-state index in [0.717, 1.165) is 0 Å². The first kappa shape index (κ1) is 86.7. The molecule has 0 radical (unpaired) electrons. The number of rotatable bonds is 73. The van der Waals surface area contributed by atoms with Gasteiger partial charge in [-0.2, -0.15) is 0 Å². The molecule has 89 heavy (non-hydrogen) atoms. The summed E-state index contributed by atoms with van der Waals surface area (Å²) in [5.74, 6) is 0. The van der Waals surface area contributed by atoms with Crippen molar-refractivity contribution in [2.75, 3.05) is 225 Å². The molecule has 0 rings (SSSR count). The fourth-order valence-electron chi connectivity index (χ4n) is 7.45. The van der Waals surface area contributed by atoms with Crippen LogP contribution < -0.4 is 0 Å². The SMILES string of the molecule is C=CCOCC(COC(COCC(O)COCC(COCC)OCC=C)COCC(COC(COCC(CO)OCC(O)COCC(O)COCC(CO)OCC=C)COC(CC)COCC(COCC)OCC=C)OCC(COCC=C)OCC)OCC. The zero-order chi connectivity index (χ0) is 65.6. The second-order valence-electron chi connectivity index (χ2n) is 20.1. The van der Waals surface area contributed by atoms with Crippen LogP contribution >= 0.6 is 0 Å². The van der Waals surface area contributed by atoms with Gasteiger partial charge in [0.05, 0.1) is 204 Å². The van der Waals surface area contributed by atoms with Crippen LogP contribution in [0.5, 0.6) is 0 Å². The minimum Gasteiger partial charge on any atom is -0.394 e. The third kappa shape index (κ3) is 52.7. The molecule has 0 saturated carbocycles. The van der Waals surface area contributed by atoms with Gasteiger partial charge in [0.1, 0.15) is 73.2 Å². The van der Waals surface area contributed by atoms with Gasteiger partial charge in [0, 0.05) is 26.4 Å². The molecule has 0 fully saturated rings. The zero-order valence-corrected chi connectivity index (χ0v) is 54.5. The second kappa shape index (κ2) is 64.4. The molecule has 5 N–H and O–H groups in total. The zero-order valence-electron chi connectivity index (χ0n) is 54.5. The van der Waals surface area contributed by atoms with E-state index in [4.69, 9.17) is 99.5 Å². The van der Waals surface area contributed by atoms with Crippen LogP contribution in [0.2, 0.25) is 0 Å². The fourth-order valence-corrected chi connectivity index (χ4v) is 7.45. The molecule has 0 saturated heterocycles. The molecule has 0 bridgehead atoms. The quantitative estimate of drug-likeness (QED) is 0.0432. The van der Waals surface area contributed by atoms with Gasteiger partial charge in [-0.05, 0) is 34.1 Å². The molecular formula is C63H118O26. The lowest BCUT2D eigenvalue weighted by Crippen LogP contribution is -2.38. The molecule has 13 atom stereocenters. The van der Waals surface area contributed by atoms with Crippen LogP contribution in [0.15, 0.2) is 63.3 Å². The summed E-state index contributed by atoms with van der Waals surface area (Å²) >= 11 is 0. The van der Waals surface area contributed by atoms with Gasteiger partial charge >= 0.3 is 0 Å². The molecule has 0 heterocycles. The van der Waals surface area contributed by atoms with Gasteiger partial charge in [0.15, 0.2) is 0 Å². The Balaban J connectivity index is 6.38. The number of aliphatic hydroxyl groups is 5. The Hall–Kier alpha value is -2.34. The first-order valence-electron chi connectivity index (χ1n) is 31.2. The van der Waals surface area contributed by atoms with Crippen molar-refractivity contribution < 1.29 is 125 Å². The van der Waals surface area contributed by atoms with Gasteiger partial charge in [0.2, 0.25) is 0 Å². The first-order valence-corrected chi connectivity index (χ1v) is 31.2. The highest BCUT2D eigenvalue weighted by molar-refractivity contribution is 4.73. The Labute approximate surface area is 531 Å². The van der Waals surface area contributed by atoms with E-state index in [0.29, 0.717) is 72.5 Å². The summed E-state index contributed by atoms with van der Waals surface area (Å²) in [5, 5.41) is 51.4. The van der Waals surface area contributed by atoms with Gasteiger partial charge in [-0.3, -0.25) is 0 Å². The highest BCUT2D eigenvalue weighted by atomic mass is 16.6. The highest BCUT2D eigenvalue weighted by Gasteiger charge is 2.24. The van der Waals surface area contributed by atoms with Crippen molar-refractivity contribution in [1.82, 2.24) is 0 Å². The lowest BCUT2D eigenvalue weighted by atomic mass is 10.3. The fraction of sp³-hybridized carbons (Fsp3) is 0.841. The lowest BCUT2D eigenvalue weighted by molar-refractivity contribution is -0.151. The summed E-state index contributed by atoms with van der Waals surface area (Å²) in [6, 6.07) is 0. The lowest BCUT2D eigenvalue weighted by Gasteiger charge is -2.27.